The van der Waals surface area contributed by atoms with Crippen LogP contribution in [0.3, 0.4) is 0 Å². The fourth-order valence-electron chi connectivity index (χ4n) is 2.43. The summed E-state index contributed by atoms with van der Waals surface area (Å²) in [5, 5.41) is 12.7. The van der Waals surface area contributed by atoms with E-state index >= 15 is 0 Å². The highest BCUT2D eigenvalue weighted by Gasteiger charge is 2.36. The molecule has 18 heavy (non-hydrogen) atoms. The van der Waals surface area contributed by atoms with E-state index < -0.39 is 0 Å². The lowest BCUT2D eigenvalue weighted by atomic mass is 10.0. The zero-order valence-corrected chi connectivity index (χ0v) is 10.9. The summed E-state index contributed by atoms with van der Waals surface area (Å²) in [5.41, 5.74) is 1.57. The van der Waals surface area contributed by atoms with Gasteiger partial charge in [-0.3, -0.25) is 4.79 Å². The third kappa shape index (κ3) is 2.40. The monoisotopic (exact) mass is 248 g/mol. The van der Waals surface area contributed by atoms with Crippen LogP contribution in [0.2, 0.25) is 0 Å². The van der Waals surface area contributed by atoms with Gasteiger partial charge in [-0.2, -0.15) is 0 Å². The molecule has 1 aliphatic rings. The molecule has 0 spiro atoms. The third-order valence-corrected chi connectivity index (χ3v) is 3.80. The molecule has 4 heteroatoms. The van der Waals surface area contributed by atoms with Crippen molar-refractivity contribution < 1.29 is 9.90 Å². The van der Waals surface area contributed by atoms with Crippen LogP contribution in [-0.4, -0.2) is 43.2 Å². The van der Waals surface area contributed by atoms with Gasteiger partial charge in [0.05, 0.1) is 12.1 Å². The van der Waals surface area contributed by atoms with Crippen LogP contribution >= 0.6 is 0 Å². The lowest BCUT2D eigenvalue weighted by molar-refractivity contribution is 0.101. The summed E-state index contributed by atoms with van der Waals surface area (Å²) in [6.07, 6.45) is 0.907. The predicted octanol–water partition coefficient (Wildman–Crippen LogP) is 1.05. The number of likely N-dealkylation sites (N-methyl/N-ethyl adjacent to an activating group) is 1. The second-order valence-corrected chi connectivity index (χ2v) is 4.97. The number of rotatable bonds is 4. The third-order valence-electron chi connectivity index (χ3n) is 3.80. The number of benzene rings is 1. The van der Waals surface area contributed by atoms with E-state index in [-0.39, 0.29) is 17.9 Å². The van der Waals surface area contributed by atoms with Crippen LogP contribution in [0.4, 0.5) is 5.69 Å². The number of anilines is 1. The summed E-state index contributed by atoms with van der Waals surface area (Å²) in [7, 11) is 1.88. The minimum Gasteiger partial charge on any atom is -0.394 e. The quantitative estimate of drug-likeness (QED) is 0.782. The van der Waals surface area contributed by atoms with Crippen molar-refractivity contribution >= 4 is 11.5 Å². The van der Waals surface area contributed by atoms with Crippen LogP contribution in [0.15, 0.2) is 24.3 Å². The van der Waals surface area contributed by atoms with Gasteiger partial charge in [-0.15, -0.1) is 0 Å². The number of ketones is 1. The highest BCUT2D eigenvalue weighted by Crippen LogP contribution is 2.27. The summed E-state index contributed by atoms with van der Waals surface area (Å²) < 4.78 is 0. The molecule has 2 rings (SSSR count). The minimum absolute atomic E-state index is 0.0816. The number of aliphatic hydroxyl groups excluding tert-OH is 1. The van der Waals surface area contributed by atoms with Gasteiger partial charge in [-0.05, 0) is 32.5 Å². The van der Waals surface area contributed by atoms with Crippen molar-refractivity contribution in [1.82, 2.24) is 5.32 Å². The summed E-state index contributed by atoms with van der Waals surface area (Å²) >= 11 is 0. The topological polar surface area (TPSA) is 52.6 Å². The van der Waals surface area contributed by atoms with E-state index in [2.05, 4.69) is 10.2 Å². The summed E-state index contributed by atoms with van der Waals surface area (Å²) in [6.45, 7) is 3.37. The maximum Gasteiger partial charge on any atom is 0.159 e. The Hall–Kier alpha value is -1.39. The number of nitrogens with zero attached hydrogens (tertiary/aromatic N) is 1. The van der Waals surface area contributed by atoms with E-state index in [1.165, 1.54) is 0 Å². The predicted molar refractivity (Wildman–Crippen MR) is 72.2 cm³/mol. The van der Waals surface area contributed by atoms with E-state index in [1.807, 2.05) is 31.3 Å². The summed E-state index contributed by atoms with van der Waals surface area (Å²) in [6, 6.07) is 7.67. The fraction of sp³-hybridized carbons (Fsp3) is 0.500. The highest BCUT2D eigenvalue weighted by molar-refractivity contribution is 5.95. The number of carbonyl (C=O) groups excluding carboxylic acids is 1. The van der Waals surface area contributed by atoms with E-state index in [0.717, 1.165) is 30.8 Å². The molecule has 1 saturated heterocycles. The average molecular weight is 248 g/mol. The number of hydrogen-bond acceptors (Lipinski definition) is 4. The van der Waals surface area contributed by atoms with Gasteiger partial charge in [0.25, 0.3) is 0 Å². The van der Waals surface area contributed by atoms with Crippen molar-refractivity contribution in [3.63, 3.8) is 0 Å². The number of hydrogen-bond donors (Lipinski definition) is 2. The first-order chi connectivity index (χ1) is 8.60. The maximum atomic E-state index is 11.4. The normalized spacial score (nSPS) is 23.4. The molecule has 0 aromatic heterocycles. The Kier molecular flexibility index (Phi) is 3.68. The molecule has 98 valence electrons. The van der Waals surface area contributed by atoms with Crippen molar-refractivity contribution in [2.45, 2.75) is 18.9 Å². The molecule has 2 N–H and O–H groups in total. The van der Waals surface area contributed by atoms with Crippen molar-refractivity contribution in [3.8, 4) is 0 Å². The fourth-order valence-corrected chi connectivity index (χ4v) is 2.43. The van der Waals surface area contributed by atoms with Crippen LogP contribution in [0.25, 0.3) is 0 Å². The second-order valence-electron chi connectivity index (χ2n) is 4.97. The van der Waals surface area contributed by atoms with Gasteiger partial charge in [0.1, 0.15) is 0 Å². The second kappa shape index (κ2) is 5.08. The van der Waals surface area contributed by atoms with E-state index in [4.69, 9.17) is 0 Å². The molecule has 4 nitrogen and oxygen atoms in total. The van der Waals surface area contributed by atoms with Gasteiger partial charge in [0.2, 0.25) is 0 Å². The smallest absolute Gasteiger partial charge is 0.159 e. The van der Waals surface area contributed by atoms with Crippen molar-refractivity contribution in [2.75, 3.05) is 31.6 Å². The molecule has 1 heterocycles. The Morgan fingerprint density at radius 3 is 2.89 bits per heavy atom. The zero-order valence-electron chi connectivity index (χ0n) is 10.9. The standard InChI is InChI=1S/C14H20N2O2/c1-11(18)12-4-3-5-13(8-12)16-7-6-14(9-16,10-17)15-2/h3-5,8,15,17H,6-7,9-10H2,1-2H3. The maximum absolute atomic E-state index is 11.4. The molecular formula is C14H20N2O2. The number of Topliss-reactive ketones (excluding diaryl/α,β-unsaturated/α-hetero) is 1. The molecule has 0 saturated carbocycles. The Balaban J connectivity index is 2.19. The lowest BCUT2D eigenvalue weighted by Gasteiger charge is -2.27. The Morgan fingerprint density at radius 1 is 1.56 bits per heavy atom. The number of aliphatic hydroxyl groups is 1. The Bertz CT molecular complexity index is 441. The van der Waals surface area contributed by atoms with Crippen molar-refractivity contribution in [2.24, 2.45) is 0 Å². The summed E-state index contributed by atoms with van der Waals surface area (Å²) in [4.78, 5) is 13.6. The molecule has 0 aliphatic carbocycles. The molecule has 0 amide bonds. The number of nitrogens with one attached hydrogen (secondary N) is 1. The lowest BCUT2D eigenvalue weighted by Crippen LogP contribution is -2.48. The first-order valence-corrected chi connectivity index (χ1v) is 6.26. The van der Waals surface area contributed by atoms with E-state index in [9.17, 15) is 9.90 Å². The van der Waals surface area contributed by atoms with Gasteiger partial charge in [0, 0.05) is 24.3 Å². The first-order valence-electron chi connectivity index (χ1n) is 6.26. The highest BCUT2D eigenvalue weighted by atomic mass is 16.3. The van der Waals surface area contributed by atoms with E-state index in [1.54, 1.807) is 6.92 Å². The van der Waals surface area contributed by atoms with Crippen LogP contribution in [-0.2, 0) is 0 Å². The van der Waals surface area contributed by atoms with Crippen molar-refractivity contribution in [3.05, 3.63) is 29.8 Å². The van der Waals surface area contributed by atoms with Gasteiger partial charge in [-0.25, -0.2) is 0 Å². The SMILES string of the molecule is CNC1(CO)CCN(c2cccc(C(C)=O)c2)C1. The first kappa shape index (κ1) is 13.1. The van der Waals surface area contributed by atoms with Gasteiger partial charge < -0.3 is 15.3 Å². The summed E-state index contributed by atoms with van der Waals surface area (Å²) in [5.74, 6) is 0.0816. The average Bonchev–Trinajstić information content (AvgIpc) is 2.84. The van der Waals surface area contributed by atoms with Crippen LogP contribution in [0.1, 0.15) is 23.7 Å². The molecule has 1 atom stereocenters. The van der Waals surface area contributed by atoms with Gasteiger partial charge in [0.15, 0.2) is 5.78 Å². The van der Waals surface area contributed by atoms with E-state index in [0.29, 0.717) is 0 Å². The van der Waals surface area contributed by atoms with Crippen molar-refractivity contribution in [1.29, 1.82) is 0 Å². The number of carbonyl (C=O) groups is 1. The molecule has 1 fully saturated rings. The minimum atomic E-state index is -0.216. The Labute approximate surface area is 108 Å². The van der Waals surface area contributed by atoms with Crippen LogP contribution in [0.5, 0.6) is 0 Å². The Morgan fingerprint density at radius 2 is 2.33 bits per heavy atom. The molecule has 1 aromatic rings. The zero-order chi connectivity index (χ0) is 13.2. The largest absolute Gasteiger partial charge is 0.394 e. The van der Waals surface area contributed by atoms with Crippen LogP contribution in [0, 0.1) is 0 Å². The van der Waals surface area contributed by atoms with Gasteiger partial charge in [-0.1, -0.05) is 12.1 Å². The molecular weight excluding hydrogens is 228 g/mol. The molecule has 0 bridgehead atoms. The molecule has 1 unspecified atom stereocenters. The van der Waals surface area contributed by atoms with Gasteiger partial charge >= 0.3 is 0 Å². The molecule has 0 radical (unpaired) electrons. The molecule has 1 aliphatic heterocycles. The van der Waals surface area contributed by atoms with Crippen LogP contribution < -0.4 is 10.2 Å². The molecule has 1 aromatic carbocycles.